The van der Waals surface area contributed by atoms with E-state index < -0.39 is 17.4 Å². The number of aromatic nitrogens is 2. The first kappa shape index (κ1) is 21.3. The smallest absolute Gasteiger partial charge is 0.408 e. The van der Waals surface area contributed by atoms with E-state index in [0.717, 1.165) is 12.8 Å². The zero-order valence-corrected chi connectivity index (χ0v) is 20.6. The minimum absolute atomic E-state index is 0.0303. The van der Waals surface area contributed by atoms with Crippen LogP contribution in [0.15, 0.2) is 10.5 Å². The third-order valence-electron chi connectivity index (χ3n) is 6.28. The molecule has 0 saturated carbocycles. The maximum absolute atomic E-state index is 14.9. The molecule has 2 saturated heterocycles. The van der Waals surface area contributed by atoms with E-state index in [1.807, 2.05) is 6.07 Å². The standard InChI is InChI=1S/C19H20BrClFIN4O2/c1-18(2,3)19-5-4-9(27(19)17(28)29)7-26(8-19)15-10-6-11(23)12(20)13(22)14(10)24-16(21)25-15/h6,9H,4-5,7-8H2,1-3H3,(H,28,29)/t9-,19-/m0/s1. The van der Waals surface area contributed by atoms with Crippen molar-refractivity contribution in [3.8, 4) is 0 Å². The summed E-state index contributed by atoms with van der Waals surface area (Å²) >= 11 is 11.5. The van der Waals surface area contributed by atoms with Gasteiger partial charge in [-0.05, 0) is 74.4 Å². The van der Waals surface area contributed by atoms with E-state index in [0.29, 0.717) is 32.3 Å². The van der Waals surface area contributed by atoms with Crippen molar-refractivity contribution in [3.05, 3.63) is 25.2 Å². The fourth-order valence-corrected chi connectivity index (χ4v) is 5.83. The zero-order chi connectivity index (χ0) is 21.3. The lowest BCUT2D eigenvalue weighted by molar-refractivity contribution is 0.00532. The van der Waals surface area contributed by atoms with Crippen molar-refractivity contribution >= 4 is 72.9 Å². The van der Waals surface area contributed by atoms with Crippen molar-refractivity contribution in [2.45, 2.75) is 45.2 Å². The topological polar surface area (TPSA) is 69.6 Å². The molecule has 2 aromatic rings. The number of rotatable bonds is 1. The molecule has 29 heavy (non-hydrogen) atoms. The van der Waals surface area contributed by atoms with Crippen LogP contribution in [0.2, 0.25) is 5.28 Å². The molecule has 1 aromatic carbocycles. The fraction of sp³-hybridized carbons (Fsp3) is 0.526. The third-order valence-corrected chi connectivity index (χ3v) is 8.82. The summed E-state index contributed by atoms with van der Waals surface area (Å²) in [6, 6.07) is 1.69. The molecule has 0 spiro atoms. The Balaban J connectivity index is 1.89. The van der Waals surface area contributed by atoms with Crippen LogP contribution in [0.3, 0.4) is 0 Å². The van der Waals surface area contributed by atoms with E-state index in [-0.39, 0.29) is 22.3 Å². The Kier molecular flexibility index (Phi) is 5.18. The van der Waals surface area contributed by atoms with Crippen LogP contribution < -0.4 is 4.90 Å². The molecule has 2 bridgehead atoms. The third kappa shape index (κ3) is 3.18. The largest absolute Gasteiger partial charge is 0.465 e. The van der Waals surface area contributed by atoms with Crippen molar-refractivity contribution < 1.29 is 14.3 Å². The molecule has 1 amide bonds. The Hall–Kier alpha value is -0.940. The highest BCUT2D eigenvalue weighted by Crippen LogP contribution is 2.50. The summed E-state index contributed by atoms with van der Waals surface area (Å²) in [6.45, 7) is 7.16. The summed E-state index contributed by atoms with van der Waals surface area (Å²) < 4.78 is 15.9. The first-order valence-electron chi connectivity index (χ1n) is 9.24. The van der Waals surface area contributed by atoms with Crippen LogP contribution in [-0.2, 0) is 0 Å². The number of fused-ring (bicyclic) bond motifs is 3. The van der Waals surface area contributed by atoms with E-state index in [1.165, 1.54) is 0 Å². The predicted molar refractivity (Wildman–Crippen MR) is 122 cm³/mol. The molecule has 0 unspecified atom stereocenters. The van der Waals surface area contributed by atoms with Gasteiger partial charge < -0.3 is 10.0 Å². The molecule has 1 aromatic heterocycles. The molecular formula is C19H20BrClFIN4O2. The number of anilines is 1. The summed E-state index contributed by atoms with van der Waals surface area (Å²) in [5.74, 6) is 0.0741. The van der Waals surface area contributed by atoms with Gasteiger partial charge in [0.15, 0.2) is 5.82 Å². The molecule has 2 atom stereocenters. The van der Waals surface area contributed by atoms with E-state index in [1.54, 1.807) is 4.90 Å². The Morgan fingerprint density at radius 3 is 2.76 bits per heavy atom. The monoisotopic (exact) mass is 596 g/mol. The quantitative estimate of drug-likeness (QED) is 0.266. The van der Waals surface area contributed by atoms with Gasteiger partial charge in [-0.3, -0.25) is 4.90 Å². The van der Waals surface area contributed by atoms with Crippen LogP contribution in [0.4, 0.5) is 15.0 Å². The highest BCUT2D eigenvalue weighted by molar-refractivity contribution is 14.1. The van der Waals surface area contributed by atoms with Gasteiger partial charge in [-0.25, -0.2) is 14.2 Å². The number of halogens is 4. The number of nitrogens with zero attached hydrogens (tertiary/aromatic N) is 4. The number of hydrogen-bond donors (Lipinski definition) is 1. The minimum atomic E-state index is -0.892. The molecular weight excluding hydrogens is 577 g/mol. The first-order valence-corrected chi connectivity index (χ1v) is 11.5. The second kappa shape index (κ2) is 7.05. The van der Waals surface area contributed by atoms with E-state index >= 15 is 0 Å². The predicted octanol–water partition coefficient (Wildman–Crippen LogP) is 5.54. The van der Waals surface area contributed by atoms with Crippen LogP contribution in [0.1, 0.15) is 33.6 Å². The summed E-state index contributed by atoms with van der Waals surface area (Å²) in [5.41, 5.74) is -0.689. The van der Waals surface area contributed by atoms with Gasteiger partial charge in [0.1, 0.15) is 11.3 Å². The Bertz CT molecular complexity index is 1030. The molecule has 6 nitrogen and oxygen atoms in total. The lowest BCUT2D eigenvalue weighted by Gasteiger charge is -2.54. The molecule has 156 valence electrons. The van der Waals surface area contributed by atoms with Gasteiger partial charge >= 0.3 is 6.09 Å². The molecule has 2 fully saturated rings. The lowest BCUT2D eigenvalue weighted by Crippen LogP contribution is -2.68. The van der Waals surface area contributed by atoms with Crippen molar-refractivity contribution in [2.24, 2.45) is 5.41 Å². The first-order chi connectivity index (χ1) is 13.5. The van der Waals surface area contributed by atoms with Gasteiger partial charge in [-0.2, -0.15) is 4.98 Å². The highest BCUT2D eigenvalue weighted by atomic mass is 127. The van der Waals surface area contributed by atoms with Crippen LogP contribution in [0.25, 0.3) is 10.9 Å². The van der Waals surface area contributed by atoms with E-state index in [2.05, 4.69) is 74.2 Å². The van der Waals surface area contributed by atoms with Crippen LogP contribution >= 0.6 is 50.1 Å². The lowest BCUT2D eigenvalue weighted by atomic mass is 9.71. The molecule has 0 aliphatic carbocycles. The van der Waals surface area contributed by atoms with Gasteiger partial charge in [-0.15, -0.1) is 0 Å². The number of benzene rings is 1. The van der Waals surface area contributed by atoms with Crippen molar-refractivity contribution in [2.75, 3.05) is 18.0 Å². The number of hydrogen-bond acceptors (Lipinski definition) is 4. The number of piperazine rings is 1. The number of amides is 1. The Morgan fingerprint density at radius 2 is 2.14 bits per heavy atom. The fourth-order valence-electron chi connectivity index (χ4n) is 4.81. The Labute approximate surface area is 195 Å². The molecule has 2 aliphatic heterocycles. The maximum Gasteiger partial charge on any atom is 0.408 e. The van der Waals surface area contributed by atoms with E-state index in [9.17, 15) is 14.3 Å². The van der Waals surface area contributed by atoms with Gasteiger partial charge in [-0.1, -0.05) is 20.8 Å². The normalized spacial score (nSPS) is 24.4. The summed E-state index contributed by atoms with van der Waals surface area (Å²) in [5, 5.41) is 10.5. The van der Waals surface area contributed by atoms with Crippen molar-refractivity contribution in [1.82, 2.24) is 14.9 Å². The highest BCUT2D eigenvalue weighted by Gasteiger charge is 2.59. The average Bonchev–Trinajstić information content (AvgIpc) is 2.88. The van der Waals surface area contributed by atoms with E-state index in [4.69, 9.17) is 11.6 Å². The van der Waals surface area contributed by atoms with Crippen LogP contribution in [-0.4, -0.2) is 50.7 Å². The Morgan fingerprint density at radius 1 is 1.45 bits per heavy atom. The van der Waals surface area contributed by atoms with Crippen LogP contribution in [0.5, 0.6) is 0 Å². The summed E-state index contributed by atoms with van der Waals surface area (Å²) in [7, 11) is 0. The maximum atomic E-state index is 14.9. The van der Waals surface area contributed by atoms with Crippen LogP contribution in [0, 0.1) is 14.8 Å². The zero-order valence-electron chi connectivity index (χ0n) is 16.1. The summed E-state index contributed by atoms with van der Waals surface area (Å²) in [6.07, 6.45) is 0.670. The molecule has 4 rings (SSSR count). The minimum Gasteiger partial charge on any atom is -0.465 e. The van der Waals surface area contributed by atoms with Gasteiger partial charge in [0.05, 0.1) is 16.1 Å². The van der Waals surface area contributed by atoms with Gasteiger partial charge in [0, 0.05) is 22.0 Å². The van der Waals surface area contributed by atoms with Gasteiger partial charge in [0.2, 0.25) is 5.28 Å². The average molecular weight is 598 g/mol. The second-order valence-electron chi connectivity index (χ2n) is 8.71. The second-order valence-corrected chi connectivity index (χ2v) is 11.0. The number of carboxylic acid groups (broad SMARTS) is 1. The van der Waals surface area contributed by atoms with Crippen molar-refractivity contribution in [1.29, 1.82) is 0 Å². The SMILES string of the molecule is CC(C)(C)[C@]12CC[C@@H](CN(c3nc(Cl)nc4c(F)c(Br)c(I)cc34)C1)N2C(=O)O. The van der Waals surface area contributed by atoms with Crippen molar-refractivity contribution in [3.63, 3.8) is 0 Å². The molecule has 10 heteroatoms. The molecule has 2 aliphatic rings. The molecule has 0 radical (unpaired) electrons. The molecule has 3 heterocycles. The number of carbonyl (C=O) groups is 1. The molecule has 1 N–H and O–H groups in total. The summed E-state index contributed by atoms with van der Waals surface area (Å²) in [4.78, 5) is 24.4. The van der Waals surface area contributed by atoms with Gasteiger partial charge in [0.25, 0.3) is 0 Å².